The van der Waals surface area contributed by atoms with Crippen LogP contribution in [0.15, 0.2) is 35.2 Å². The zero-order chi connectivity index (χ0) is 15.8. The predicted molar refractivity (Wildman–Crippen MR) is 88.5 cm³/mol. The Labute approximate surface area is 134 Å². The number of rotatable bonds is 4. The van der Waals surface area contributed by atoms with Crippen molar-refractivity contribution in [2.75, 3.05) is 0 Å². The first-order valence-corrected chi connectivity index (χ1v) is 8.65. The van der Waals surface area contributed by atoms with Gasteiger partial charge in [-0.25, -0.2) is 0 Å². The molecule has 2 saturated carbocycles. The smallest absolute Gasteiger partial charge is 0.126 e. The fourth-order valence-electron chi connectivity index (χ4n) is 5.42. The first kappa shape index (κ1) is 15.6. The van der Waals surface area contributed by atoms with Crippen molar-refractivity contribution in [3.8, 4) is 0 Å². The monoisotopic (exact) mass is 300 g/mol. The Balaban J connectivity index is 1.84. The minimum atomic E-state index is -0.137. The van der Waals surface area contributed by atoms with E-state index in [9.17, 15) is 4.79 Å². The summed E-state index contributed by atoms with van der Waals surface area (Å²) in [5.41, 5.74) is 2.76. The van der Waals surface area contributed by atoms with Crippen LogP contribution in [0.1, 0.15) is 57.9 Å². The SMILES string of the molecule is C=C1CC[C@@H]2[C@@](C)(CCC[C@@]2(C)C=O)[C@@H]1CCc1ccoc1. The van der Waals surface area contributed by atoms with Crippen molar-refractivity contribution in [2.45, 2.75) is 58.8 Å². The molecule has 1 aromatic rings. The summed E-state index contributed by atoms with van der Waals surface area (Å²) in [5, 5.41) is 0. The van der Waals surface area contributed by atoms with Gasteiger partial charge in [0.15, 0.2) is 0 Å². The first-order chi connectivity index (χ1) is 10.5. The average Bonchev–Trinajstić information content (AvgIpc) is 2.99. The molecule has 3 rings (SSSR count). The number of aryl methyl sites for hydroxylation is 1. The molecule has 120 valence electrons. The highest BCUT2D eigenvalue weighted by Gasteiger charge is 2.54. The van der Waals surface area contributed by atoms with E-state index >= 15 is 0 Å². The summed E-state index contributed by atoms with van der Waals surface area (Å²) in [6.07, 6.45) is 12.7. The van der Waals surface area contributed by atoms with E-state index in [4.69, 9.17) is 4.42 Å². The summed E-state index contributed by atoms with van der Waals surface area (Å²) >= 11 is 0. The molecule has 0 radical (unpaired) electrons. The average molecular weight is 300 g/mol. The van der Waals surface area contributed by atoms with Crippen molar-refractivity contribution in [3.63, 3.8) is 0 Å². The Kier molecular flexibility index (Phi) is 4.05. The summed E-state index contributed by atoms with van der Waals surface area (Å²) in [4.78, 5) is 11.8. The number of furan rings is 1. The molecule has 2 nitrogen and oxygen atoms in total. The number of allylic oxidation sites excluding steroid dienone is 1. The van der Waals surface area contributed by atoms with Crippen molar-refractivity contribution in [1.29, 1.82) is 0 Å². The van der Waals surface area contributed by atoms with Crippen LogP contribution < -0.4 is 0 Å². The third-order valence-corrected chi connectivity index (χ3v) is 6.64. The van der Waals surface area contributed by atoms with Crippen LogP contribution in [0.5, 0.6) is 0 Å². The Morgan fingerprint density at radius 3 is 2.91 bits per heavy atom. The maximum absolute atomic E-state index is 11.8. The van der Waals surface area contributed by atoms with Gasteiger partial charge in [0, 0.05) is 5.41 Å². The number of hydrogen-bond acceptors (Lipinski definition) is 2. The molecule has 2 fully saturated rings. The number of carbonyl (C=O) groups excluding carboxylic acids is 1. The molecule has 0 aliphatic heterocycles. The number of hydrogen-bond donors (Lipinski definition) is 0. The molecule has 0 bridgehead atoms. The second-order valence-electron chi connectivity index (χ2n) is 7.96. The summed E-state index contributed by atoms with van der Waals surface area (Å²) in [7, 11) is 0. The fourth-order valence-corrected chi connectivity index (χ4v) is 5.42. The van der Waals surface area contributed by atoms with Crippen LogP contribution in [0.2, 0.25) is 0 Å². The number of fused-ring (bicyclic) bond motifs is 1. The van der Waals surface area contributed by atoms with Gasteiger partial charge < -0.3 is 9.21 Å². The van der Waals surface area contributed by atoms with Gasteiger partial charge in [-0.1, -0.05) is 32.4 Å². The van der Waals surface area contributed by atoms with Crippen molar-refractivity contribution >= 4 is 6.29 Å². The summed E-state index contributed by atoms with van der Waals surface area (Å²) < 4.78 is 5.19. The quantitative estimate of drug-likeness (QED) is 0.566. The van der Waals surface area contributed by atoms with Gasteiger partial charge in [-0.15, -0.1) is 0 Å². The molecule has 0 N–H and O–H groups in total. The highest BCUT2D eigenvalue weighted by atomic mass is 16.3. The minimum absolute atomic E-state index is 0.137. The largest absolute Gasteiger partial charge is 0.472 e. The van der Waals surface area contributed by atoms with E-state index < -0.39 is 0 Å². The highest BCUT2D eigenvalue weighted by molar-refractivity contribution is 5.60. The lowest BCUT2D eigenvalue weighted by Crippen LogP contribution is -2.51. The van der Waals surface area contributed by atoms with E-state index in [1.54, 1.807) is 6.26 Å². The Morgan fingerprint density at radius 2 is 2.23 bits per heavy atom. The van der Waals surface area contributed by atoms with Crippen LogP contribution in [-0.4, -0.2) is 6.29 Å². The summed E-state index contributed by atoms with van der Waals surface area (Å²) in [6.45, 7) is 9.00. The van der Waals surface area contributed by atoms with E-state index in [-0.39, 0.29) is 10.8 Å². The van der Waals surface area contributed by atoms with E-state index in [1.807, 2.05) is 6.26 Å². The fraction of sp³-hybridized carbons (Fsp3) is 0.650. The van der Waals surface area contributed by atoms with Crippen molar-refractivity contribution in [2.24, 2.45) is 22.7 Å². The van der Waals surface area contributed by atoms with Gasteiger partial charge in [-0.05, 0) is 67.4 Å². The Bertz CT molecular complexity index is 544. The van der Waals surface area contributed by atoms with Crippen LogP contribution in [0.3, 0.4) is 0 Å². The van der Waals surface area contributed by atoms with Gasteiger partial charge in [0.2, 0.25) is 0 Å². The van der Waals surface area contributed by atoms with Crippen LogP contribution in [0.4, 0.5) is 0 Å². The Morgan fingerprint density at radius 1 is 1.41 bits per heavy atom. The zero-order valence-corrected chi connectivity index (χ0v) is 13.9. The summed E-state index contributed by atoms with van der Waals surface area (Å²) in [6, 6.07) is 2.06. The van der Waals surface area contributed by atoms with Gasteiger partial charge in [0.25, 0.3) is 0 Å². The topological polar surface area (TPSA) is 30.2 Å². The molecule has 2 aliphatic rings. The maximum atomic E-state index is 11.8. The molecule has 0 amide bonds. The first-order valence-electron chi connectivity index (χ1n) is 8.65. The second kappa shape index (κ2) is 5.72. The summed E-state index contributed by atoms with van der Waals surface area (Å²) in [5.74, 6) is 1.03. The highest BCUT2D eigenvalue weighted by Crippen LogP contribution is 2.61. The number of aldehydes is 1. The van der Waals surface area contributed by atoms with Crippen LogP contribution >= 0.6 is 0 Å². The van der Waals surface area contributed by atoms with E-state index in [1.165, 1.54) is 23.8 Å². The van der Waals surface area contributed by atoms with Gasteiger partial charge in [-0.3, -0.25) is 0 Å². The zero-order valence-electron chi connectivity index (χ0n) is 13.9. The molecule has 1 aromatic heterocycles. The van der Waals surface area contributed by atoms with Crippen molar-refractivity contribution in [3.05, 3.63) is 36.3 Å². The molecule has 1 heterocycles. The lowest BCUT2D eigenvalue weighted by Gasteiger charge is -2.57. The second-order valence-corrected chi connectivity index (χ2v) is 7.96. The van der Waals surface area contributed by atoms with Crippen molar-refractivity contribution < 1.29 is 9.21 Å². The number of carbonyl (C=O) groups is 1. The standard InChI is InChI=1S/C20H28O2/c1-15-5-8-18-19(2,14-21)10-4-11-20(18,3)17(15)7-6-16-9-12-22-13-16/h9,12-14,17-18H,1,4-8,10-11H2,2-3H3/t17-,18+,19+,20+/m1/s1. The van der Waals surface area contributed by atoms with Crippen LogP contribution in [0, 0.1) is 22.7 Å². The lowest BCUT2D eigenvalue weighted by atomic mass is 9.47. The van der Waals surface area contributed by atoms with Gasteiger partial charge in [0.1, 0.15) is 6.29 Å². The van der Waals surface area contributed by atoms with Crippen LogP contribution in [0.25, 0.3) is 0 Å². The predicted octanol–water partition coefficient (Wildman–Crippen LogP) is 5.19. The van der Waals surface area contributed by atoms with Crippen LogP contribution in [-0.2, 0) is 11.2 Å². The molecular weight excluding hydrogens is 272 g/mol. The molecule has 0 unspecified atom stereocenters. The van der Waals surface area contributed by atoms with Gasteiger partial charge >= 0.3 is 0 Å². The Hall–Kier alpha value is -1.31. The molecule has 2 heteroatoms. The molecular formula is C20H28O2. The van der Waals surface area contributed by atoms with Gasteiger partial charge in [-0.2, -0.15) is 0 Å². The minimum Gasteiger partial charge on any atom is -0.472 e. The molecule has 0 saturated heterocycles. The van der Waals surface area contributed by atoms with E-state index in [0.717, 1.165) is 38.5 Å². The van der Waals surface area contributed by atoms with Crippen molar-refractivity contribution in [1.82, 2.24) is 0 Å². The molecule has 22 heavy (non-hydrogen) atoms. The van der Waals surface area contributed by atoms with Gasteiger partial charge in [0.05, 0.1) is 12.5 Å². The molecule has 0 aromatic carbocycles. The maximum Gasteiger partial charge on any atom is 0.126 e. The van der Waals surface area contributed by atoms with E-state index in [0.29, 0.717) is 11.8 Å². The third kappa shape index (κ3) is 2.47. The normalized spacial score (nSPS) is 38.5. The lowest BCUT2D eigenvalue weighted by molar-refractivity contribution is -0.130. The molecule has 2 aliphatic carbocycles. The molecule has 0 spiro atoms. The third-order valence-electron chi connectivity index (χ3n) is 6.64. The molecule has 4 atom stereocenters. The van der Waals surface area contributed by atoms with E-state index in [2.05, 4.69) is 26.5 Å².